The number of rotatable bonds is 15. The van der Waals surface area contributed by atoms with Crippen LogP contribution in [-0.2, 0) is 6.54 Å². The van der Waals surface area contributed by atoms with E-state index >= 15 is 0 Å². The number of hydrogen-bond acceptors (Lipinski definition) is 0. The Labute approximate surface area is 231 Å². The standard InChI is InChI=1S/C25H40N.3HI/c1-2-3-4-5-6-7-8-9-10-11-12-13-14-17-21-26-22-20-24-18-15-16-19-25(24)23-26;;;/h15-16,18-20,22-23H,2-14,17,21H2,1H3;3*1H/q+1;;;/p-1. The Balaban J connectivity index is 0. The van der Waals surface area contributed by atoms with Gasteiger partial charge < -0.3 is 24.0 Å². The predicted molar refractivity (Wildman–Crippen MR) is 145 cm³/mol. The first kappa shape index (κ1) is 32.0. The molecule has 1 aromatic carbocycles. The van der Waals surface area contributed by atoms with Crippen molar-refractivity contribution in [3.8, 4) is 0 Å². The van der Waals surface area contributed by atoms with Crippen LogP contribution in [-0.4, -0.2) is 0 Å². The first-order valence-corrected chi connectivity index (χ1v) is 11.3. The van der Waals surface area contributed by atoms with E-state index in [1.807, 2.05) is 0 Å². The summed E-state index contributed by atoms with van der Waals surface area (Å²) in [6.07, 6.45) is 24.5. The van der Waals surface area contributed by atoms with Gasteiger partial charge >= 0.3 is 0 Å². The van der Waals surface area contributed by atoms with Gasteiger partial charge in [-0.15, -0.1) is 48.0 Å². The molecule has 0 aliphatic rings. The van der Waals surface area contributed by atoms with Crippen LogP contribution < -0.4 is 28.5 Å². The largest absolute Gasteiger partial charge is 1.00 e. The van der Waals surface area contributed by atoms with Gasteiger partial charge in [0.1, 0.15) is 6.54 Å². The van der Waals surface area contributed by atoms with Gasteiger partial charge in [0.15, 0.2) is 12.4 Å². The van der Waals surface area contributed by atoms with Gasteiger partial charge in [-0.25, -0.2) is 4.57 Å². The lowest BCUT2D eigenvalue weighted by Gasteiger charge is -2.03. The number of halogens is 3. The average molecular weight is 737 g/mol. The van der Waals surface area contributed by atoms with E-state index in [1.54, 1.807) is 0 Å². The van der Waals surface area contributed by atoms with E-state index in [4.69, 9.17) is 0 Å². The van der Waals surface area contributed by atoms with Gasteiger partial charge in [-0.3, -0.25) is 0 Å². The van der Waals surface area contributed by atoms with E-state index in [0.29, 0.717) is 0 Å². The molecule has 168 valence electrons. The molecule has 0 radical (unpaired) electrons. The van der Waals surface area contributed by atoms with Crippen molar-refractivity contribution < 1.29 is 28.5 Å². The molecule has 0 fully saturated rings. The molecule has 1 heterocycles. The van der Waals surface area contributed by atoms with Crippen LogP contribution in [0.25, 0.3) is 10.8 Å². The molecular formula is C25H42I3N. The fourth-order valence-corrected chi connectivity index (χ4v) is 3.81. The maximum atomic E-state index is 2.35. The second-order valence-electron chi connectivity index (χ2n) is 7.91. The molecule has 29 heavy (non-hydrogen) atoms. The molecule has 0 saturated heterocycles. The summed E-state index contributed by atoms with van der Waals surface area (Å²) in [5.74, 6) is 0. The topological polar surface area (TPSA) is 3.88 Å². The summed E-state index contributed by atoms with van der Waals surface area (Å²) < 4.78 is 2.35. The molecule has 2 aromatic rings. The highest BCUT2D eigenvalue weighted by Crippen LogP contribution is 2.13. The summed E-state index contributed by atoms with van der Waals surface area (Å²) in [5, 5.41) is 2.69. The average Bonchev–Trinajstić information content (AvgIpc) is 2.68. The molecule has 1 nitrogen and oxygen atoms in total. The van der Waals surface area contributed by atoms with Gasteiger partial charge in [-0.2, -0.15) is 0 Å². The first-order valence-electron chi connectivity index (χ1n) is 11.3. The number of aryl methyl sites for hydroxylation is 1. The Kier molecular flexibility index (Phi) is 24.3. The number of nitrogens with zero attached hydrogens (tertiary/aromatic N) is 1. The predicted octanol–water partition coefficient (Wildman–Crippen LogP) is 5.85. The van der Waals surface area contributed by atoms with Crippen LogP contribution in [0.15, 0.2) is 42.7 Å². The summed E-state index contributed by atoms with van der Waals surface area (Å²) in [6.45, 7) is 3.45. The fraction of sp³-hybridized carbons (Fsp3) is 0.640. The molecule has 0 aliphatic heterocycles. The molecule has 0 aliphatic carbocycles. The number of aromatic nitrogens is 1. The zero-order valence-electron chi connectivity index (χ0n) is 18.3. The molecule has 4 heteroatoms. The minimum Gasteiger partial charge on any atom is -1.00 e. The minimum absolute atomic E-state index is 0. The zero-order chi connectivity index (χ0) is 18.3. The van der Waals surface area contributed by atoms with Crippen molar-refractivity contribution in [2.75, 3.05) is 0 Å². The quantitative estimate of drug-likeness (QED) is 0.123. The van der Waals surface area contributed by atoms with Crippen molar-refractivity contribution in [2.45, 2.75) is 103 Å². The van der Waals surface area contributed by atoms with Crippen LogP contribution >= 0.6 is 48.0 Å². The van der Waals surface area contributed by atoms with Crippen molar-refractivity contribution in [1.29, 1.82) is 0 Å². The highest BCUT2D eigenvalue weighted by atomic mass is 127. The summed E-state index contributed by atoms with van der Waals surface area (Å²) in [5.41, 5.74) is 0. The zero-order valence-corrected chi connectivity index (χ0v) is 25.1. The van der Waals surface area contributed by atoms with Gasteiger partial charge in [0.05, 0.1) is 0 Å². The lowest BCUT2D eigenvalue weighted by molar-refractivity contribution is -0.696. The Morgan fingerprint density at radius 3 is 1.55 bits per heavy atom. The number of unbranched alkanes of at least 4 members (excludes halogenated alkanes) is 13. The second kappa shape index (κ2) is 22.0. The second-order valence-corrected chi connectivity index (χ2v) is 7.91. The Morgan fingerprint density at radius 2 is 1.03 bits per heavy atom. The van der Waals surface area contributed by atoms with Crippen molar-refractivity contribution in [2.24, 2.45) is 0 Å². The Morgan fingerprint density at radius 1 is 0.586 bits per heavy atom. The Bertz CT molecular complexity index is 603. The van der Waals surface area contributed by atoms with E-state index in [2.05, 4.69) is 54.2 Å². The monoisotopic (exact) mass is 737 g/mol. The number of benzene rings is 1. The third-order valence-corrected chi connectivity index (χ3v) is 5.52. The van der Waals surface area contributed by atoms with Crippen LogP contribution in [0, 0.1) is 0 Å². The van der Waals surface area contributed by atoms with E-state index in [0.717, 1.165) is 6.54 Å². The number of fused-ring (bicyclic) bond motifs is 1. The van der Waals surface area contributed by atoms with Crippen molar-refractivity contribution >= 4 is 58.7 Å². The lowest BCUT2D eigenvalue weighted by Crippen LogP contribution is -3.00. The maximum Gasteiger partial charge on any atom is 0.176 e. The molecule has 0 spiro atoms. The van der Waals surface area contributed by atoms with Gasteiger partial charge in [0.25, 0.3) is 0 Å². The van der Waals surface area contributed by atoms with Crippen molar-refractivity contribution in [3.05, 3.63) is 42.7 Å². The summed E-state index contributed by atoms with van der Waals surface area (Å²) in [4.78, 5) is 0. The van der Waals surface area contributed by atoms with E-state index in [9.17, 15) is 0 Å². The molecule has 0 N–H and O–H groups in total. The smallest absolute Gasteiger partial charge is 0.176 e. The lowest BCUT2D eigenvalue weighted by atomic mass is 10.0. The van der Waals surface area contributed by atoms with Crippen LogP contribution in [0.3, 0.4) is 0 Å². The van der Waals surface area contributed by atoms with Crippen molar-refractivity contribution in [1.82, 2.24) is 0 Å². The SMILES string of the molecule is CCCCCCCCCCCCCCCC[n+]1ccc2ccccc2c1.I.I.[I-]. The van der Waals surface area contributed by atoms with Gasteiger partial charge in [-0.1, -0.05) is 102 Å². The molecule has 2 rings (SSSR count). The van der Waals surface area contributed by atoms with E-state index < -0.39 is 0 Å². The first-order chi connectivity index (χ1) is 12.9. The summed E-state index contributed by atoms with van der Waals surface area (Å²) in [7, 11) is 0. The molecular weight excluding hydrogens is 695 g/mol. The number of hydrogen-bond donors (Lipinski definition) is 0. The van der Waals surface area contributed by atoms with Crippen LogP contribution in [0.4, 0.5) is 0 Å². The number of pyridine rings is 1. The van der Waals surface area contributed by atoms with Crippen LogP contribution in [0.1, 0.15) is 96.8 Å². The highest BCUT2D eigenvalue weighted by Gasteiger charge is 2.02. The minimum atomic E-state index is 0. The van der Waals surface area contributed by atoms with Crippen LogP contribution in [0.2, 0.25) is 0 Å². The van der Waals surface area contributed by atoms with Gasteiger partial charge in [0.2, 0.25) is 0 Å². The molecule has 0 atom stereocenters. The third-order valence-electron chi connectivity index (χ3n) is 5.52. The van der Waals surface area contributed by atoms with E-state index in [1.165, 1.54) is 101 Å². The summed E-state index contributed by atoms with van der Waals surface area (Å²) >= 11 is 0. The summed E-state index contributed by atoms with van der Waals surface area (Å²) in [6, 6.07) is 10.9. The molecule has 0 amide bonds. The molecule has 1 aromatic heterocycles. The van der Waals surface area contributed by atoms with Gasteiger partial charge in [-0.05, 0) is 17.9 Å². The van der Waals surface area contributed by atoms with Crippen molar-refractivity contribution in [3.63, 3.8) is 0 Å². The normalized spacial score (nSPS) is 10.1. The molecule has 0 bridgehead atoms. The highest BCUT2D eigenvalue weighted by molar-refractivity contribution is 14.0. The fourth-order valence-electron chi connectivity index (χ4n) is 3.81. The van der Waals surface area contributed by atoms with E-state index in [-0.39, 0.29) is 71.9 Å². The van der Waals surface area contributed by atoms with Gasteiger partial charge in [0, 0.05) is 17.9 Å². The van der Waals surface area contributed by atoms with Crippen LogP contribution in [0.5, 0.6) is 0 Å². The maximum absolute atomic E-state index is 2.35. The molecule has 0 saturated carbocycles. The third kappa shape index (κ3) is 15.3. The Hall–Kier alpha value is 0.820. The molecule has 0 unspecified atom stereocenters.